The van der Waals surface area contributed by atoms with E-state index in [1.807, 2.05) is 0 Å². The van der Waals surface area contributed by atoms with Gasteiger partial charge in [-0.15, -0.1) is 0 Å². The molecule has 2 N–H and O–H groups in total. The topological polar surface area (TPSA) is 52.3 Å². The number of anilines is 1. The highest BCUT2D eigenvalue weighted by atomic mass is 79.9. The maximum atomic E-state index is 13.7. The average Bonchev–Trinajstić information content (AvgIpc) is 2.40. The number of hydrogen-bond donors (Lipinski definition) is 1. The Bertz CT molecular complexity index is 706. The molecule has 6 heteroatoms. The largest absolute Gasteiger partial charge is 0.486 e. The van der Waals surface area contributed by atoms with Crippen LogP contribution in [-0.4, -0.2) is 5.78 Å². The lowest BCUT2D eigenvalue weighted by atomic mass is 10.1. The molecule has 0 heterocycles. The minimum absolute atomic E-state index is 0.0709. The highest BCUT2D eigenvalue weighted by Crippen LogP contribution is 2.32. The molecule has 2 aromatic carbocycles. The lowest BCUT2D eigenvalue weighted by Crippen LogP contribution is -2.06. The van der Waals surface area contributed by atoms with Crippen LogP contribution in [0.4, 0.5) is 10.1 Å². The quantitative estimate of drug-likeness (QED) is 0.630. The Labute approximate surface area is 135 Å². The summed E-state index contributed by atoms with van der Waals surface area (Å²) in [5.74, 6) is -0.380. The summed E-state index contributed by atoms with van der Waals surface area (Å²) in [5.41, 5.74) is 6.80. The third kappa shape index (κ3) is 3.74. The molecule has 0 aliphatic carbocycles. The lowest BCUT2D eigenvalue weighted by molar-refractivity contribution is 0.101. The van der Waals surface area contributed by atoms with E-state index in [-0.39, 0.29) is 18.1 Å². The molecule has 110 valence electrons. The normalized spacial score (nSPS) is 10.5. The van der Waals surface area contributed by atoms with Crippen molar-refractivity contribution in [1.29, 1.82) is 0 Å². The van der Waals surface area contributed by atoms with Gasteiger partial charge in [-0.2, -0.15) is 0 Å². The number of carbonyl (C=O) groups is 1. The first-order valence-electron chi connectivity index (χ1n) is 6.05. The zero-order chi connectivity index (χ0) is 15.6. The summed E-state index contributed by atoms with van der Waals surface area (Å²) < 4.78 is 19.9. The molecular formula is C15H12BrClFNO2. The second kappa shape index (κ2) is 6.45. The number of nitrogen functional groups attached to an aromatic ring is 1. The molecule has 0 fully saturated rings. The van der Waals surface area contributed by atoms with E-state index in [1.54, 1.807) is 12.1 Å². The summed E-state index contributed by atoms with van der Waals surface area (Å²) in [7, 11) is 0. The van der Waals surface area contributed by atoms with Crippen LogP contribution < -0.4 is 10.5 Å². The number of ketones is 1. The molecule has 0 bridgehead atoms. The van der Waals surface area contributed by atoms with Gasteiger partial charge in [0.2, 0.25) is 0 Å². The Kier molecular flexibility index (Phi) is 4.85. The van der Waals surface area contributed by atoms with Gasteiger partial charge in [-0.05, 0) is 37.3 Å². The Morgan fingerprint density at radius 3 is 2.76 bits per heavy atom. The van der Waals surface area contributed by atoms with E-state index in [0.717, 1.165) is 0 Å². The molecule has 0 aromatic heterocycles. The zero-order valence-corrected chi connectivity index (χ0v) is 13.5. The van der Waals surface area contributed by atoms with Crippen molar-refractivity contribution in [2.24, 2.45) is 0 Å². The lowest BCUT2D eigenvalue weighted by Gasteiger charge is -2.13. The molecule has 0 aliphatic rings. The number of carbonyl (C=O) groups excluding carboxylic acids is 1. The molecule has 0 amide bonds. The van der Waals surface area contributed by atoms with E-state index in [9.17, 15) is 9.18 Å². The number of rotatable bonds is 4. The molecule has 2 aromatic rings. The van der Waals surface area contributed by atoms with Crippen molar-refractivity contribution >= 4 is 39.0 Å². The summed E-state index contributed by atoms with van der Waals surface area (Å²) >= 11 is 9.09. The molecule has 0 atom stereocenters. The molecule has 0 saturated heterocycles. The van der Waals surface area contributed by atoms with E-state index in [4.69, 9.17) is 22.1 Å². The maximum absolute atomic E-state index is 13.7. The van der Waals surface area contributed by atoms with Crippen LogP contribution >= 0.6 is 27.5 Å². The van der Waals surface area contributed by atoms with Gasteiger partial charge in [0.25, 0.3) is 0 Å². The minimum Gasteiger partial charge on any atom is -0.486 e. The first kappa shape index (κ1) is 15.8. The second-order valence-electron chi connectivity index (χ2n) is 4.45. The van der Waals surface area contributed by atoms with Crippen molar-refractivity contribution in [3.63, 3.8) is 0 Å². The summed E-state index contributed by atoms with van der Waals surface area (Å²) in [4.78, 5) is 11.7. The monoisotopic (exact) mass is 371 g/mol. The number of hydrogen-bond acceptors (Lipinski definition) is 3. The Balaban J connectivity index is 2.32. The second-order valence-corrected chi connectivity index (χ2v) is 5.80. The molecule has 0 spiro atoms. The van der Waals surface area contributed by atoms with Gasteiger partial charge >= 0.3 is 0 Å². The molecule has 2 rings (SSSR count). The van der Waals surface area contributed by atoms with Gasteiger partial charge in [0.15, 0.2) is 11.5 Å². The van der Waals surface area contributed by atoms with Crippen LogP contribution in [0.25, 0.3) is 0 Å². The van der Waals surface area contributed by atoms with Crippen LogP contribution in [0.15, 0.2) is 34.8 Å². The van der Waals surface area contributed by atoms with Crippen LogP contribution in [0, 0.1) is 5.82 Å². The fourth-order valence-corrected chi connectivity index (χ4v) is 2.51. The van der Waals surface area contributed by atoms with E-state index in [2.05, 4.69) is 15.9 Å². The Morgan fingerprint density at radius 1 is 1.38 bits per heavy atom. The van der Waals surface area contributed by atoms with E-state index >= 15 is 0 Å². The SMILES string of the molecule is CC(=O)c1cc(Br)cc(N)c1OCc1cc(Cl)ccc1F. The van der Waals surface area contributed by atoms with Crippen LogP contribution in [0.3, 0.4) is 0 Å². The van der Waals surface area contributed by atoms with E-state index < -0.39 is 5.82 Å². The number of benzene rings is 2. The van der Waals surface area contributed by atoms with Gasteiger partial charge in [-0.25, -0.2) is 4.39 Å². The molecule has 0 unspecified atom stereocenters. The highest BCUT2D eigenvalue weighted by molar-refractivity contribution is 9.10. The number of nitrogens with two attached hydrogens (primary N) is 1. The van der Waals surface area contributed by atoms with E-state index in [0.29, 0.717) is 26.3 Å². The van der Waals surface area contributed by atoms with Gasteiger partial charge in [0, 0.05) is 15.1 Å². The summed E-state index contributed by atoms with van der Waals surface area (Å²) in [6.07, 6.45) is 0. The van der Waals surface area contributed by atoms with Crippen molar-refractivity contribution < 1.29 is 13.9 Å². The Morgan fingerprint density at radius 2 is 2.10 bits per heavy atom. The minimum atomic E-state index is -0.431. The van der Waals surface area contributed by atoms with Crippen molar-refractivity contribution in [1.82, 2.24) is 0 Å². The van der Waals surface area contributed by atoms with Crippen molar-refractivity contribution in [3.05, 3.63) is 56.8 Å². The smallest absolute Gasteiger partial charge is 0.163 e. The van der Waals surface area contributed by atoms with E-state index in [1.165, 1.54) is 25.1 Å². The van der Waals surface area contributed by atoms with Crippen molar-refractivity contribution in [2.75, 3.05) is 5.73 Å². The van der Waals surface area contributed by atoms with Gasteiger partial charge < -0.3 is 10.5 Å². The number of ether oxygens (including phenoxy) is 1. The van der Waals surface area contributed by atoms with Crippen LogP contribution in [0.2, 0.25) is 5.02 Å². The molecular weight excluding hydrogens is 361 g/mol. The predicted octanol–water partition coefficient (Wildman–Crippen LogP) is 4.61. The summed E-state index contributed by atoms with van der Waals surface area (Å²) in [5, 5.41) is 0.408. The predicted molar refractivity (Wildman–Crippen MR) is 84.3 cm³/mol. The van der Waals surface area contributed by atoms with Crippen molar-refractivity contribution in [3.8, 4) is 5.75 Å². The van der Waals surface area contributed by atoms with Gasteiger partial charge in [0.05, 0.1) is 11.3 Å². The molecule has 0 saturated carbocycles. The molecule has 21 heavy (non-hydrogen) atoms. The van der Waals surface area contributed by atoms with Crippen LogP contribution in [0.5, 0.6) is 5.75 Å². The first-order chi connectivity index (χ1) is 9.88. The van der Waals surface area contributed by atoms with Crippen molar-refractivity contribution in [2.45, 2.75) is 13.5 Å². The first-order valence-corrected chi connectivity index (χ1v) is 7.22. The fraction of sp³-hybridized carbons (Fsp3) is 0.133. The number of halogens is 3. The highest BCUT2D eigenvalue weighted by Gasteiger charge is 2.14. The third-order valence-corrected chi connectivity index (χ3v) is 3.53. The summed E-state index contributed by atoms with van der Waals surface area (Å²) in [6, 6.07) is 7.42. The maximum Gasteiger partial charge on any atom is 0.163 e. The molecule has 3 nitrogen and oxygen atoms in total. The van der Waals surface area contributed by atoms with Gasteiger partial charge in [0.1, 0.15) is 12.4 Å². The number of Topliss-reactive ketones (excluding diaryl/α,β-unsaturated/α-hetero) is 1. The van der Waals surface area contributed by atoms with Gasteiger partial charge in [-0.1, -0.05) is 27.5 Å². The van der Waals surface area contributed by atoms with Crippen LogP contribution in [0.1, 0.15) is 22.8 Å². The fourth-order valence-electron chi connectivity index (χ4n) is 1.84. The Hall–Kier alpha value is -1.59. The molecule has 0 aliphatic heterocycles. The zero-order valence-electron chi connectivity index (χ0n) is 11.1. The standard InChI is InChI=1S/C15H12BrClFNO2/c1-8(20)12-5-10(16)6-14(19)15(12)21-7-9-4-11(17)2-3-13(9)18/h2-6H,7,19H2,1H3. The third-order valence-electron chi connectivity index (χ3n) is 2.84. The van der Waals surface area contributed by atoms with Gasteiger partial charge in [-0.3, -0.25) is 4.79 Å². The van der Waals surface area contributed by atoms with Crippen LogP contribution in [-0.2, 0) is 6.61 Å². The molecule has 0 radical (unpaired) electrons. The average molecular weight is 373 g/mol. The summed E-state index contributed by atoms with van der Waals surface area (Å²) in [6.45, 7) is 1.34.